The molecule has 4 aromatic rings. The predicted molar refractivity (Wildman–Crippen MR) is 136 cm³/mol. The van der Waals surface area contributed by atoms with Crippen molar-refractivity contribution in [3.05, 3.63) is 77.3 Å². The number of halogens is 2. The molecule has 1 fully saturated rings. The number of anilines is 2. The number of nitrogens with one attached hydrogen (secondary N) is 1. The lowest BCUT2D eigenvalue weighted by molar-refractivity contribution is 0.103. The quantitative estimate of drug-likeness (QED) is 0.395. The van der Waals surface area contributed by atoms with Crippen LogP contribution in [0.2, 0.25) is 5.15 Å². The molecule has 0 saturated carbocycles. The van der Waals surface area contributed by atoms with Crippen LogP contribution < -0.4 is 10.1 Å². The van der Waals surface area contributed by atoms with Crippen molar-refractivity contribution >= 4 is 23.2 Å². The van der Waals surface area contributed by atoms with Gasteiger partial charge in [0, 0.05) is 36.5 Å². The Bertz CT molecular complexity index is 1370. The summed E-state index contributed by atoms with van der Waals surface area (Å²) in [4.78, 5) is 11.5. The highest BCUT2D eigenvalue weighted by atomic mass is 35.5. The van der Waals surface area contributed by atoms with E-state index in [4.69, 9.17) is 26.4 Å². The van der Waals surface area contributed by atoms with Gasteiger partial charge in [-0.15, -0.1) is 5.10 Å². The SMILES string of the molecule is COc1cc(Nc2nc3n(n2)CCC(N2CCC2)CC3c2ccc(F)cc2)ccc1-n1cnc(Cl)c1. The number of rotatable bonds is 6. The normalized spacial score (nSPS) is 19.9. The molecule has 186 valence electrons. The van der Waals surface area contributed by atoms with Crippen LogP contribution in [-0.2, 0) is 6.54 Å². The maximum Gasteiger partial charge on any atom is 0.246 e. The zero-order valence-electron chi connectivity index (χ0n) is 19.9. The summed E-state index contributed by atoms with van der Waals surface area (Å²) in [5.74, 6) is 1.91. The highest BCUT2D eigenvalue weighted by Gasteiger charge is 2.33. The number of hydrogen-bond acceptors (Lipinski definition) is 6. The molecule has 1 N–H and O–H groups in total. The molecule has 1 saturated heterocycles. The summed E-state index contributed by atoms with van der Waals surface area (Å²) in [6, 6.07) is 13.0. The van der Waals surface area contributed by atoms with Crippen molar-refractivity contribution in [1.29, 1.82) is 0 Å². The molecule has 6 rings (SSSR count). The van der Waals surface area contributed by atoms with Crippen LogP contribution in [0.25, 0.3) is 5.69 Å². The van der Waals surface area contributed by atoms with Gasteiger partial charge in [0.2, 0.25) is 5.95 Å². The van der Waals surface area contributed by atoms with Crippen molar-refractivity contribution in [2.75, 3.05) is 25.5 Å². The van der Waals surface area contributed by atoms with Gasteiger partial charge in [0.05, 0.1) is 12.8 Å². The summed E-state index contributed by atoms with van der Waals surface area (Å²) in [5, 5.41) is 8.55. The van der Waals surface area contributed by atoms with E-state index >= 15 is 0 Å². The summed E-state index contributed by atoms with van der Waals surface area (Å²) in [6.45, 7) is 3.09. The molecule has 0 amide bonds. The third kappa shape index (κ3) is 4.44. The first-order valence-corrected chi connectivity index (χ1v) is 12.5. The minimum atomic E-state index is -0.231. The second kappa shape index (κ2) is 9.55. The molecule has 36 heavy (non-hydrogen) atoms. The Balaban J connectivity index is 1.29. The average molecular weight is 508 g/mol. The monoisotopic (exact) mass is 507 g/mol. The predicted octanol–water partition coefficient (Wildman–Crippen LogP) is 5.01. The largest absolute Gasteiger partial charge is 0.494 e. The lowest BCUT2D eigenvalue weighted by Gasteiger charge is -2.39. The Morgan fingerprint density at radius 3 is 2.64 bits per heavy atom. The van der Waals surface area contributed by atoms with E-state index in [1.807, 2.05) is 39.6 Å². The number of imidazole rings is 1. The number of aromatic nitrogens is 5. The van der Waals surface area contributed by atoms with Gasteiger partial charge in [-0.3, -0.25) is 0 Å². The Morgan fingerprint density at radius 1 is 1.11 bits per heavy atom. The van der Waals surface area contributed by atoms with Crippen LogP contribution in [-0.4, -0.2) is 55.5 Å². The lowest BCUT2D eigenvalue weighted by atomic mass is 9.89. The van der Waals surface area contributed by atoms with Gasteiger partial charge in [-0.25, -0.2) is 14.1 Å². The number of fused-ring (bicyclic) bond motifs is 1. The number of nitrogens with zero attached hydrogens (tertiary/aromatic N) is 6. The van der Waals surface area contributed by atoms with E-state index in [1.165, 1.54) is 18.6 Å². The lowest BCUT2D eigenvalue weighted by Crippen LogP contribution is -2.45. The van der Waals surface area contributed by atoms with E-state index in [1.54, 1.807) is 19.6 Å². The van der Waals surface area contributed by atoms with E-state index in [2.05, 4.69) is 15.2 Å². The molecular formula is C26H27ClFN7O. The number of methoxy groups -OCH3 is 1. The third-order valence-corrected chi connectivity index (χ3v) is 7.33. The third-order valence-electron chi connectivity index (χ3n) is 7.14. The Hall–Kier alpha value is -3.43. The zero-order valence-corrected chi connectivity index (χ0v) is 20.7. The fraction of sp³-hybridized carbons (Fsp3) is 0.346. The first-order valence-electron chi connectivity index (χ1n) is 12.2. The molecule has 2 aromatic carbocycles. The zero-order chi connectivity index (χ0) is 24.6. The first kappa shape index (κ1) is 23.0. The highest BCUT2D eigenvalue weighted by Crippen LogP contribution is 2.36. The molecule has 4 heterocycles. The number of aryl methyl sites for hydroxylation is 1. The maximum atomic E-state index is 13.7. The fourth-order valence-corrected chi connectivity index (χ4v) is 5.29. The fourth-order valence-electron chi connectivity index (χ4n) is 5.14. The van der Waals surface area contributed by atoms with Crippen molar-refractivity contribution in [2.45, 2.75) is 37.8 Å². The Labute approximate surface area is 213 Å². The van der Waals surface area contributed by atoms with Crippen LogP contribution in [0.15, 0.2) is 55.0 Å². The van der Waals surface area contributed by atoms with Crippen LogP contribution in [0.5, 0.6) is 5.75 Å². The van der Waals surface area contributed by atoms with Crippen LogP contribution in [0, 0.1) is 5.82 Å². The summed E-state index contributed by atoms with van der Waals surface area (Å²) < 4.78 is 23.1. The van der Waals surface area contributed by atoms with Crippen LogP contribution in [0.4, 0.5) is 16.0 Å². The number of ether oxygens (including phenoxy) is 1. The molecular weight excluding hydrogens is 481 g/mol. The van der Waals surface area contributed by atoms with Gasteiger partial charge in [-0.1, -0.05) is 23.7 Å². The first-order chi connectivity index (χ1) is 17.6. The van der Waals surface area contributed by atoms with Gasteiger partial charge in [0.15, 0.2) is 0 Å². The topological polar surface area (TPSA) is 73.0 Å². The number of benzene rings is 2. The van der Waals surface area contributed by atoms with Gasteiger partial charge in [0.1, 0.15) is 28.9 Å². The van der Waals surface area contributed by atoms with Crippen molar-refractivity contribution in [3.8, 4) is 11.4 Å². The standard InChI is InChI=1S/C26H27ClFN7O/c1-36-23-13-19(7-8-22(23)34-15-24(27)29-16-34)30-26-31-25-21(17-3-5-18(28)6-4-17)14-20(33-10-2-11-33)9-12-35(25)32-26/h3-8,13,15-16,20-21H,2,9-12,14H2,1H3,(H,30,32). The van der Waals surface area contributed by atoms with Crippen molar-refractivity contribution in [2.24, 2.45) is 0 Å². The molecule has 2 aromatic heterocycles. The number of likely N-dealkylation sites (tertiary alicyclic amines) is 1. The molecule has 2 atom stereocenters. The van der Waals surface area contributed by atoms with Gasteiger partial charge in [-0.05, 0) is 62.2 Å². The number of hydrogen-bond donors (Lipinski definition) is 1. The summed E-state index contributed by atoms with van der Waals surface area (Å²) >= 11 is 5.98. The maximum absolute atomic E-state index is 13.7. The van der Waals surface area contributed by atoms with Crippen molar-refractivity contribution < 1.29 is 9.13 Å². The van der Waals surface area contributed by atoms with E-state index in [-0.39, 0.29) is 11.7 Å². The Kier molecular flexibility index (Phi) is 6.10. The molecule has 2 unspecified atom stereocenters. The second-order valence-electron chi connectivity index (χ2n) is 9.30. The summed E-state index contributed by atoms with van der Waals surface area (Å²) in [7, 11) is 1.63. The van der Waals surface area contributed by atoms with Gasteiger partial charge in [-0.2, -0.15) is 4.98 Å². The van der Waals surface area contributed by atoms with Crippen LogP contribution in [0.3, 0.4) is 0 Å². The van der Waals surface area contributed by atoms with E-state index in [0.717, 1.165) is 55.2 Å². The van der Waals surface area contributed by atoms with Crippen molar-refractivity contribution in [1.82, 2.24) is 29.2 Å². The van der Waals surface area contributed by atoms with Crippen molar-refractivity contribution in [3.63, 3.8) is 0 Å². The van der Waals surface area contributed by atoms with E-state index < -0.39 is 0 Å². The summed E-state index contributed by atoms with van der Waals surface area (Å²) in [5.41, 5.74) is 2.69. The van der Waals surface area contributed by atoms with E-state index in [9.17, 15) is 4.39 Å². The second-order valence-corrected chi connectivity index (χ2v) is 9.69. The minimum absolute atomic E-state index is 0.0460. The highest BCUT2D eigenvalue weighted by molar-refractivity contribution is 6.29. The Morgan fingerprint density at radius 2 is 1.94 bits per heavy atom. The van der Waals surface area contributed by atoms with Crippen LogP contribution in [0.1, 0.15) is 36.6 Å². The molecule has 8 nitrogen and oxygen atoms in total. The van der Waals surface area contributed by atoms with Crippen LogP contribution >= 0.6 is 11.6 Å². The summed E-state index contributed by atoms with van der Waals surface area (Å²) in [6.07, 6.45) is 6.59. The molecule has 2 aliphatic rings. The van der Waals surface area contributed by atoms with Gasteiger partial charge >= 0.3 is 0 Å². The van der Waals surface area contributed by atoms with Gasteiger partial charge < -0.3 is 19.5 Å². The molecule has 0 aliphatic carbocycles. The molecule has 0 radical (unpaired) electrons. The minimum Gasteiger partial charge on any atom is -0.494 e. The molecule has 0 bridgehead atoms. The smallest absolute Gasteiger partial charge is 0.246 e. The van der Waals surface area contributed by atoms with E-state index in [0.29, 0.717) is 22.9 Å². The molecule has 2 aliphatic heterocycles. The molecule has 10 heteroatoms. The average Bonchev–Trinajstić information content (AvgIpc) is 3.41. The van der Waals surface area contributed by atoms with Gasteiger partial charge in [0.25, 0.3) is 0 Å². The molecule has 0 spiro atoms.